The Bertz CT molecular complexity index is 787. The predicted octanol–water partition coefficient (Wildman–Crippen LogP) is 2.00. The summed E-state index contributed by atoms with van der Waals surface area (Å²) in [7, 11) is 0. The van der Waals surface area contributed by atoms with Gasteiger partial charge >= 0.3 is 12.0 Å². The zero-order valence-electron chi connectivity index (χ0n) is 13.9. The quantitative estimate of drug-likeness (QED) is 0.668. The molecular weight excluding hydrogens is 358 g/mol. The standard InChI is InChI=1S/C17H17N3O5S/c1-2-18-17(24)20-14(21)10-25-16(23)11-5-7-12(8-6-11)19-15(22)13-4-3-9-26-13/h3-9H,2,10H2,1H3,(H,19,22)(H2,18,20,21,24). The number of carbonyl (C=O) groups excluding carboxylic acids is 4. The Morgan fingerprint density at radius 1 is 1.08 bits per heavy atom. The SMILES string of the molecule is CCNC(=O)NC(=O)COC(=O)c1ccc(NC(=O)c2cccs2)cc1. The number of urea groups is 1. The van der Waals surface area contributed by atoms with E-state index in [1.807, 2.05) is 5.32 Å². The Labute approximate surface area is 153 Å². The molecule has 0 unspecified atom stereocenters. The van der Waals surface area contributed by atoms with Crippen LogP contribution >= 0.6 is 11.3 Å². The van der Waals surface area contributed by atoms with Crippen LogP contribution in [0.2, 0.25) is 0 Å². The molecule has 0 atom stereocenters. The number of esters is 1. The smallest absolute Gasteiger partial charge is 0.338 e. The van der Waals surface area contributed by atoms with E-state index < -0.39 is 24.5 Å². The van der Waals surface area contributed by atoms with E-state index in [9.17, 15) is 19.2 Å². The van der Waals surface area contributed by atoms with Crippen molar-refractivity contribution in [2.45, 2.75) is 6.92 Å². The maximum atomic E-state index is 11.9. The average molecular weight is 375 g/mol. The maximum Gasteiger partial charge on any atom is 0.338 e. The molecule has 1 heterocycles. The van der Waals surface area contributed by atoms with Gasteiger partial charge in [-0.1, -0.05) is 6.07 Å². The second kappa shape index (κ2) is 9.33. The van der Waals surface area contributed by atoms with Gasteiger partial charge in [0.1, 0.15) is 0 Å². The summed E-state index contributed by atoms with van der Waals surface area (Å²) >= 11 is 1.32. The van der Waals surface area contributed by atoms with Crippen LogP contribution in [0.3, 0.4) is 0 Å². The molecule has 2 aromatic rings. The van der Waals surface area contributed by atoms with Gasteiger partial charge in [0, 0.05) is 12.2 Å². The summed E-state index contributed by atoms with van der Waals surface area (Å²) in [5.41, 5.74) is 0.735. The number of nitrogens with one attached hydrogen (secondary N) is 3. The van der Waals surface area contributed by atoms with Gasteiger partial charge in [0.25, 0.3) is 11.8 Å². The van der Waals surface area contributed by atoms with E-state index in [-0.39, 0.29) is 11.5 Å². The molecule has 2 rings (SSSR count). The number of hydrogen-bond donors (Lipinski definition) is 3. The van der Waals surface area contributed by atoms with Gasteiger partial charge in [-0.05, 0) is 42.6 Å². The highest BCUT2D eigenvalue weighted by atomic mass is 32.1. The number of benzene rings is 1. The second-order valence-corrected chi connectivity index (χ2v) is 5.94. The number of amides is 4. The highest BCUT2D eigenvalue weighted by molar-refractivity contribution is 7.12. The van der Waals surface area contributed by atoms with Crippen molar-refractivity contribution in [2.75, 3.05) is 18.5 Å². The first-order valence-corrected chi connectivity index (χ1v) is 8.57. The summed E-state index contributed by atoms with van der Waals surface area (Å²) in [6, 6.07) is 8.87. The lowest BCUT2D eigenvalue weighted by Gasteiger charge is -2.07. The number of thiophene rings is 1. The van der Waals surface area contributed by atoms with Gasteiger partial charge in [-0.15, -0.1) is 11.3 Å². The summed E-state index contributed by atoms with van der Waals surface area (Å²) in [4.78, 5) is 47.0. The van der Waals surface area contributed by atoms with Crippen molar-refractivity contribution in [3.63, 3.8) is 0 Å². The highest BCUT2D eigenvalue weighted by Gasteiger charge is 2.13. The van der Waals surface area contributed by atoms with E-state index in [2.05, 4.69) is 10.6 Å². The Morgan fingerprint density at radius 2 is 1.81 bits per heavy atom. The Kier molecular flexibility index (Phi) is 6.86. The Balaban J connectivity index is 1.83. The summed E-state index contributed by atoms with van der Waals surface area (Å²) < 4.78 is 4.83. The van der Waals surface area contributed by atoms with Gasteiger partial charge in [0.15, 0.2) is 6.61 Å². The molecule has 3 N–H and O–H groups in total. The van der Waals surface area contributed by atoms with E-state index >= 15 is 0 Å². The van der Waals surface area contributed by atoms with E-state index in [1.54, 1.807) is 36.6 Å². The molecule has 0 bridgehead atoms. The number of carbonyl (C=O) groups is 4. The van der Waals surface area contributed by atoms with Crippen LogP contribution in [-0.2, 0) is 9.53 Å². The normalized spacial score (nSPS) is 9.88. The third-order valence-corrected chi connectivity index (χ3v) is 3.92. The van der Waals surface area contributed by atoms with Crippen molar-refractivity contribution in [2.24, 2.45) is 0 Å². The fourth-order valence-electron chi connectivity index (χ4n) is 1.87. The van der Waals surface area contributed by atoms with E-state index in [0.717, 1.165) is 0 Å². The third-order valence-electron chi connectivity index (χ3n) is 3.05. The van der Waals surface area contributed by atoms with Gasteiger partial charge in [-0.3, -0.25) is 14.9 Å². The van der Waals surface area contributed by atoms with Crippen LogP contribution in [-0.4, -0.2) is 37.0 Å². The number of ether oxygens (including phenoxy) is 1. The summed E-state index contributed by atoms with van der Waals surface area (Å²) in [6.07, 6.45) is 0. The highest BCUT2D eigenvalue weighted by Crippen LogP contribution is 2.14. The first-order chi connectivity index (χ1) is 12.5. The Hall–Kier alpha value is -3.20. The van der Waals surface area contributed by atoms with Crippen molar-refractivity contribution >= 4 is 40.8 Å². The van der Waals surface area contributed by atoms with Crippen LogP contribution < -0.4 is 16.0 Å². The first kappa shape index (κ1) is 19.1. The number of hydrogen-bond acceptors (Lipinski definition) is 6. The third kappa shape index (κ3) is 5.71. The lowest BCUT2D eigenvalue weighted by Crippen LogP contribution is -2.41. The molecule has 8 nitrogen and oxygen atoms in total. The minimum atomic E-state index is -0.732. The molecule has 0 aliphatic carbocycles. The minimum Gasteiger partial charge on any atom is -0.452 e. The molecule has 4 amide bonds. The van der Waals surface area contributed by atoms with Crippen molar-refractivity contribution in [3.05, 3.63) is 52.2 Å². The van der Waals surface area contributed by atoms with Gasteiger partial charge < -0.3 is 15.4 Å². The van der Waals surface area contributed by atoms with Crippen LogP contribution in [0.4, 0.5) is 10.5 Å². The monoisotopic (exact) mass is 375 g/mol. The topological polar surface area (TPSA) is 114 Å². The van der Waals surface area contributed by atoms with Crippen molar-refractivity contribution < 1.29 is 23.9 Å². The molecular formula is C17H17N3O5S. The first-order valence-electron chi connectivity index (χ1n) is 7.69. The van der Waals surface area contributed by atoms with Crippen LogP contribution in [0.1, 0.15) is 27.0 Å². The number of imide groups is 1. The van der Waals surface area contributed by atoms with Crippen molar-refractivity contribution in [3.8, 4) is 0 Å². The van der Waals surface area contributed by atoms with Crippen molar-refractivity contribution in [1.29, 1.82) is 0 Å². The lowest BCUT2D eigenvalue weighted by atomic mass is 10.2. The summed E-state index contributed by atoms with van der Waals surface area (Å²) in [6.45, 7) is 1.50. The molecule has 1 aromatic carbocycles. The number of rotatable bonds is 6. The molecule has 0 spiro atoms. The zero-order valence-corrected chi connectivity index (χ0v) is 14.7. The molecule has 9 heteroatoms. The number of anilines is 1. The summed E-state index contributed by atoms with van der Waals surface area (Å²) in [5, 5.41) is 8.91. The van der Waals surface area contributed by atoms with Crippen LogP contribution in [0.25, 0.3) is 0 Å². The largest absolute Gasteiger partial charge is 0.452 e. The fourth-order valence-corrected chi connectivity index (χ4v) is 2.49. The molecule has 1 aromatic heterocycles. The molecule has 0 aliphatic heterocycles. The van der Waals surface area contributed by atoms with Crippen LogP contribution in [0.5, 0.6) is 0 Å². The van der Waals surface area contributed by atoms with Crippen molar-refractivity contribution in [1.82, 2.24) is 10.6 Å². The average Bonchev–Trinajstić information content (AvgIpc) is 3.15. The molecule has 0 fully saturated rings. The molecule has 0 aliphatic rings. The molecule has 26 heavy (non-hydrogen) atoms. The van der Waals surface area contributed by atoms with Gasteiger partial charge in [-0.25, -0.2) is 9.59 Å². The van der Waals surface area contributed by atoms with E-state index in [4.69, 9.17) is 4.74 Å². The van der Waals surface area contributed by atoms with Gasteiger partial charge in [0.05, 0.1) is 10.4 Å². The lowest BCUT2D eigenvalue weighted by molar-refractivity contribution is -0.123. The van der Waals surface area contributed by atoms with E-state index in [1.165, 1.54) is 23.5 Å². The van der Waals surface area contributed by atoms with E-state index in [0.29, 0.717) is 17.1 Å². The zero-order chi connectivity index (χ0) is 18.9. The molecule has 0 saturated carbocycles. The second-order valence-electron chi connectivity index (χ2n) is 4.99. The maximum absolute atomic E-state index is 11.9. The van der Waals surface area contributed by atoms with Gasteiger partial charge in [-0.2, -0.15) is 0 Å². The fraction of sp³-hybridized carbons (Fsp3) is 0.176. The summed E-state index contributed by atoms with van der Waals surface area (Å²) in [5.74, 6) is -1.69. The molecule has 136 valence electrons. The Morgan fingerprint density at radius 3 is 2.42 bits per heavy atom. The predicted molar refractivity (Wildman–Crippen MR) is 96.2 cm³/mol. The minimum absolute atomic E-state index is 0.213. The molecule has 0 saturated heterocycles. The van der Waals surface area contributed by atoms with Gasteiger partial charge in [0.2, 0.25) is 0 Å². The molecule has 0 radical (unpaired) electrons. The van der Waals surface area contributed by atoms with Crippen LogP contribution in [0.15, 0.2) is 41.8 Å². The van der Waals surface area contributed by atoms with Crippen LogP contribution in [0, 0.1) is 0 Å².